The second-order valence-electron chi connectivity index (χ2n) is 3.75. The maximum atomic E-state index is 12.4. The van der Waals surface area contributed by atoms with Crippen molar-refractivity contribution in [3.63, 3.8) is 0 Å². The van der Waals surface area contributed by atoms with Gasteiger partial charge in [0.2, 0.25) is 0 Å². The fraction of sp³-hybridized carbons (Fsp3) is 0.182. The molecule has 1 aromatic heterocycles. The lowest BCUT2D eigenvalue weighted by molar-refractivity contribution is -0.138. The van der Waals surface area contributed by atoms with Gasteiger partial charge in [0.05, 0.1) is 17.5 Å². The molecule has 5 nitrogen and oxygen atoms in total. The van der Waals surface area contributed by atoms with E-state index >= 15 is 0 Å². The predicted molar refractivity (Wildman–Crippen MR) is 58.1 cm³/mol. The number of aliphatic carboxylic acids is 1. The lowest BCUT2D eigenvalue weighted by Crippen LogP contribution is -2.11. The second kappa shape index (κ2) is 4.71. The number of carboxylic acid groups (broad SMARTS) is 1. The molecule has 19 heavy (non-hydrogen) atoms. The van der Waals surface area contributed by atoms with Gasteiger partial charge in [0.1, 0.15) is 6.54 Å². The molecule has 0 spiro atoms. The van der Waals surface area contributed by atoms with E-state index < -0.39 is 24.3 Å². The van der Waals surface area contributed by atoms with Crippen LogP contribution in [0.3, 0.4) is 0 Å². The van der Waals surface area contributed by atoms with Crippen molar-refractivity contribution in [1.82, 2.24) is 15.0 Å². The van der Waals surface area contributed by atoms with Crippen LogP contribution in [0.4, 0.5) is 13.2 Å². The first-order valence-electron chi connectivity index (χ1n) is 5.16. The van der Waals surface area contributed by atoms with Crippen molar-refractivity contribution in [2.75, 3.05) is 0 Å². The Morgan fingerprint density at radius 2 is 1.89 bits per heavy atom. The van der Waals surface area contributed by atoms with Gasteiger partial charge in [0, 0.05) is 5.56 Å². The van der Waals surface area contributed by atoms with E-state index in [0.717, 1.165) is 16.8 Å². The summed E-state index contributed by atoms with van der Waals surface area (Å²) >= 11 is 0. The van der Waals surface area contributed by atoms with Gasteiger partial charge < -0.3 is 5.11 Å². The number of carbonyl (C=O) groups is 1. The molecule has 0 aliphatic carbocycles. The number of rotatable bonds is 3. The lowest BCUT2D eigenvalue weighted by Gasteiger charge is -2.08. The van der Waals surface area contributed by atoms with Gasteiger partial charge in [-0.2, -0.15) is 13.2 Å². The Hall–Kier alpha value is -2.38. The maximum absolute atomic E-state index is 12.4. The Bertz CT molecular complexity index is 590. The summed E-state index contributed by atoms with van der Waals surface area (Å²) in [6.45, 7) is -0.406. The third-order valence-electron chi connectivity index (χ3n) is 2.41. The van der Waals surface area contributed by atoms with E-state index in [-0.39, 0.29) is 0 Å². The molecular weight excluding hydrogens is 263 g/mol. The van der Waals surface area contributed by atoms with E-state index in [1.54, 1.807) is 0 Å². The number of aromatic nitrogens is 3. The molecule has 1 aromatic carbocycles. The molecule has 100 valence electrons. The van der Waals surface area contributed by atoms with E-state index in [9.17, 15) is 18.0 Å². The molecule has 0 aliphatic heterocycles. The number of hydrogen-bond acceptors (Lipinski definition) is 3. The Labute approximate surface area is 105 Å². The quantitative estimate of drug-likeness (QED) is 0.927. The van der Waals surface area contributed by atoms with Crippen molar-refractivity contribution in [2.24, 2.45) is 0 Å². The topological polar surface area (TPSA) is 68.0 Å². The van der Waals surface area contributed by atoms with Crippen LogP contribution in [0.25, 0.3) is 11.3 Å². The zero-order valence-corrected chi connectivity index (χ0v) is 9.42. The van der Waals surface area contributed by atoms with Crippen molar-refractivity contribution in [3.8, 4) is 11.3 Å². The number of nitrogens with zero attached hydrogens (tertiary/aromatic N) is 3. The number of hydrogen-bond donors (Lipinski definition) is 1. The number of halogens is 3. The molecule has 0 radical (unpaired) electrons. The summed E-state index contributed by atoms with van der Waals surface area (Å²) in [6, 6.07) is 4.35. The zero-order chi connectivity index (χ0) is 14.0. The van der Waals surface area contributed by atoms with Crippen LogP contribution in [-0.2, 0) is 17.5 Å². The lowest BCUT2D eigenvalue weighted by atomic mass is 10.1. The zero-order valence-electron chi connectivity index (χ0n) is 9.42. The predicted octanol–water partition coefficient (Wildman–Crippen LogP) is 2.05. The Morgan fingerprint density at radius 1 is 1.26 bits per heavy atom. The smallest absolute Gasteiger partial charge is 0.416 e. The molecule has 0 saturated carbocycles. The SMILES string of the molecule is O=C(O)Cn1nncc1-c1ccc(C(F)(F)F)cc1. The standard InChI is InChI=1S/C11H8F3N3O2/c12-11(13,14)8-3-1-7(2-4-8)9-5-15-16-17(9)6-10(18)19/h1-5H,6H2,(H,18,19). The summed E-state index contributed by atoms with van der Waals surface area (Å²) in [5.41, 5.74) is -0.0103. The van der Waals surface area contributed by atoms with Crippen molar-refractivity contribution in [1.29, 1.82) is 0 Å². The van der Waals surface area contributed by atoms with Gasteiger partial charge in [0.25, 0.3) is 0 Å². The molecule has 0 saturated heterocycles. The van der Waals surface area contributed by atoms with Gasteiger partial charge in [-0.05, 0) is 12.1 Å². The maximum Gasteiger partial charge on any atom is 0.416 e. The van der Waals surface area contributed by atoms with Crippen LogP contribution in [-0.4, -0.2) is 26.1 Å². The molecule has 0 aliphatic rings. The Kier molecular flexibility index (Phi) is 3.24. The normalized spacial score (nSPS) is 11.5. The summed E-state index contributed by atoms with van der Waals surface area (Å²) in [7, 11) is 0. The number of carboxylic acids is 1. The minimum atomic E-state index is -4.40. The molecule has 1 N–H and O–H groups in total. The minimum absolute atomic E-state index is 0.344. The van der Waals surface area contributed by atoms with Gasteiger partial charge in [-0.25, -0.2) is 4.68 Å². The summed E-state index contributed by atoms with van der Waals surface area (Å²) in [5, 5.41) is 15.8. The average Bonchev–Trinajstić information content (AvgIpc) is 2.75. The summed E-state index contributed by atoms with van der Waals surface area (Å²) in [5.74, 6) is -1.11. The molecule has 1 heterocycles. The summed E-state index contributed by atoms with van der Waals surface area (Å²) in [6.07, 6.45) is -3.11. The molecule has 0 bridgehead atoms. The van der Waals surface area contributed by atoms with Gasteiger partial charge in [-0.15, -0.1) is 5.10 Å². The summed E-state index contributed by atoms with van der Waals surface area (Å²) in [4.78, 5) is 10.6. The largest absolute Gasteiger partial charge is 0.480 e. The first-order valence-corrected chi connectivity index (χ1v) is 5.16. The fourth-order valence-electron chi connectivity index (χ4n) is 1.56. The van der Waals surface area contributed by atoms with Gasteiger partial charge in [0.15, 0.2) is 0 Å². The Morgan fingerprint density at radius 3 is 2.42 bits per heavy atom. The average molecular weight is 271 g/mol. The van der Waals surface area contributed by atoms with Crippen LogP contribution in [0.15, 0.2) is 30.5 Å². The van der Waals surface area contributed by atoms with Crippen molar-refractivity contribution in [3.05, 3.63) is 36.0 Å². The van der Waals surface area contributed by atoms with Crippen LogP contribution in [0.5, 0.6) is 0 Å². The summed E-state index contributed by atoms with van der Waals surface area (Å²) < 4.78 is 38.3. The molecule has 0 fully saturated rings. The first kappa shape index (κ1) is 13.1. The van der Waals surface area contributed by atoms with Gasteiger partial charge >= 0.3 is 12.1 Å². The molecular formula is C11H8F3N3O2. The first-order chi connectivity index (χ1) is 8.88. The van der Waals surface area contributed by atoms with Crippen LogP contribution >= 0.6 is 0 Å². The number of alkyl halides is 3. The minimum Gasteiger partial charge on any atom is -0.480 e. The highest BCUT2D eigenvalue weighted by Crippen LogP contribution is 2.30. The number of benzene rings is 1. The third-order valence-corrected chi connectivity index (χ3v) is 2.41. The van der Waals surface area contributed by atoms with E-state index in [1.165, 1.54) is 18.3 Å². The van der Waals surface area contributed by atoms with E-state index in [0.29, 0.717) is 11.3 Å². The monoisotopic (exact) mass is 271 g/mol. The molecule has 0 atom stereocenters. The van der Waals surface area contributed by atoms with Crippen molar-refractivity contribution < 1.29 is 23.1 Å². The van der Waals surface area contributed by atoms with Gasteiger partial charge in [-0.1, -0.05) is 17.3 Å². The van der Waals surface area contributed by atoms with Crippen LogP contribution in [0.1, 0.15) is 5.56 Å². The van der Waals surface area contributed by atoms with E-state index in [1.807, 2.05) is 0 Å². The molecule has 2 aromatic rings. The third kappa shape index (κ3) is 2.90. The molecule has 0 unspecified atom stereocenters. The van der Waals surface area contributed by atoms with Crippen LogP contribution < -0.4 is 0 Å². The fourth-order valence-corrected chi connectivity index (χ4v) is 1.56. The second-order valence-corrected chi connectivity index (χ2v) is 3.75. The highest BCUT2D eigenvalue weighted by atomic mass is 19.4. The molecule has 8 heteroatoms. The highest BCUT2D eigenvalue weighted by molar-refractivity contribution is 5.68. The van der Waals surface area contributed by atoms with Gasteiger partial charge in [-0.3, -0.25) is 4.79 Å². The van der Waals surface area contributed by atoms with Crippen molar-refractivity contribution >= 4 is 5.97 Å². The van der Waals surface area contributed by atoms with E-state index in [4.69, 9.17) is 5.11 Å². The van der Waals surface area contributed by atoms with E-state index in [2.05, 4.69) is 10.3 Å². The van der Waals surface area contributed by atoms with Crippen LogP contribution in [0, 0.1) is 0 Å². The van der Waals surface area contributed by atoms with Crippen LogP contribution in [0.2, 0.25) is 0 Å². The molecule has 2 rings (SSSR count). The highest BCUT2D eigenvalue weighted by Gasteiger charge is 2.30. The van der Waals surface area contributed by atoms with Crippen molar-refractivity contribution in [2.45, 2.75) is 12.7 Å². The Balaban J connectivity index is 2.33. The molecule has 0 amide bonds.